The van der Waals surface area contributed by atoms with E-state index in [-0.39, 0.29) is 0 Å². The van der Waals surface area contributed by atoms with E-state index < -0.39 is 0 Å². The van der Waals surface area contributed by atoms with Crippen LogP contribution in [0.15, 0.2) is 12.1 Å². The van der Waals surface area contributed by atoms with Crippen LogP contribution in [0.2, 0.25) is 0 Å². The first-order valence-corrected chi connectivity index (χ1v) is 6.66. The molecule has 2 heterocycles. The van der Waals surface area contributed by atoms with E-state index in [1.165, 1.54) is 19.3 Å². The molecule has 5 nitrogen and oxygen atoms in total. The molecule has 1 saturated heterocycles. The van der Waals surface area contributed by atoms with Gasteiger partial charge < -0.3 is 21.1 Å². The molecule has 0 radical (unpaired) electrons. The quantitative estimate of drug-likeness (QED) is 0.785. The predicted molar refractivity (Wildman–Crippen MR) is 72.4 cm³/mol. The largest absolute Gasteiger partial charge is 0.396 e. The molecule has 3 rings (SSSR count). The maximum atomic E-state index is 5.86. The topological polar surface area (TPSA) is 77.4 Å². The van der Waals surface area contributed by atoms with E-state index in [1.807, 2.05) is 12.1 Å². The van der Waals surface area contributed by atoms with Crippen molar-refractivity contribution in [1.29, 1.82) is 0 Å². The Balaban J connectivity index is 1.87. The lowest BCUT2D eigenvalue weighted by Crippen LogP contribution is -2.53. The molecule has 1 aliphatic heterocycles. The Morgan fingerprint density at radius 1 is 1.22 bits per heavy atom. The molecule has 2 unspecified atom stereocenters. The zero-order valence-corrected chi connectivity index (χ0v) is 10.5. The van der Waals surface area contributed by atoms with Crippen LogP contribution in [-0.2, 0) is 4.74 Å². The Bertz CT molecular complexity index is 435. The van der Waals surface area contributed by atoms with Crippen LogP contribution < -0.4 is 16.4 Å². The maximum Gasteiger partial charge on any atom is 0.149 e. The second-order valence-corrected chi connectivity index (χ2v) is 5.10. The molecule has 98 valence electrons. The van der Waals surface area contributed by atoms with Crippen molar-refractivity contribution in [2.45, 2.75) is 37.8 Å². The van der Waals surface area contributed by atoms with E-state index in [9.17, 15) is 0 Å². The van der Waals surface area contributed by atoms with E-state index in [4.69, 9.17) is 16.2 Å². The Hall–Kier alpha value is -1.49. The van der Waals surface area contributed by atoms with Crippen LogP contribution in [0, 0.1) is 0 Å². The highest BCUT2D eigenvalue weighted by Gasteiger charge is 2.34. The minimum atomic E-state index is 0.355. The summed E-state index contributed by atoms with van der Waals surface area (Å²) < 4.78 is 5.86. The Labute approximate surface area is 107 Å². The first kappa shape index (κ1) is 11.6. The molecule has 1 aliphatic carbocycles. The second kappa shape index (κ2) is 4.65. The predicted octanol–water partition coefficient (Wildman–Crippen LogP) is 1.39. The zero-order chi connectivity index (χ0) is 12.5. The first-order chi connectivity index (χ1) is 8.75. The lowest BCUT2D eigenvalue weighted by molar-refractivity contribution is -0.00897. The summed E-state index contributed by atoms with van der Waals surface area (Å²) in [6.07, 6.45) is 5.23. The Morgan fingerprint density at radius 3 is 2.89 bits per heavy atom. The third-order valence-corrected chi connectivity index (χ3v) is 3.97. The number of hydrogen-bond donors (Lipinski definition) is 2. The number of rotatable bonds is 1. The molecule has 2 aliphatic rings. The van der Waals surface area contributed by atoms with Gasteiger partial charge in [0, 0.05) is 6.54 Å². The lowest BCUT2D eigenvalue weighted by Gasteiger charge is -2.44. The number of morpholine rings is 1. The fraction of sp³-hybridized carbons (Fsp3) is 0.615. The summed E-state index contributed by atoms with van der Waals surface area (Å²) in [5.74, 6) is 1.35. The van der Waals surface area contributed by atoms with Crippen molar-refractivity contribution >= 4 is 17.3 Å². The number of nitrogen functional groups attached to an aromatic ring is 2. The number of ether oxygens (including phenoxy) is 1. The molecule has 1 aromatic rings. The van der Waals surface area contributed by atoms with Gasteiger partial charge in [-0.25, -0.2) is 4.98 Å². The number of nitrogens with zero attached hydrogens (tertiary/aromatic N) is 2. The molecule has 0 amide bonds. The number of fused-ring (bicyclic) bond motifs is 1. The third-order valence-electron chi connectivity index (χ3n) is 3.97. The van der Waals surface area contributed by atoms with Gasteiger partial charge in [0.05, 0.1) is 24.4 Å². The zero-order valence-electron chi connectivity index (χ0n) is 10.5. The normalized spacial score (nSPS) is 27.9. The summed E-state index contributed by atoms with van der Waals surface area (Å²) in [4.78, 5) is 6.75. The second-order valence-electron chi connectivity index (χ2n) is 5.10. The molecule has 2 atom stereocenters. The van der Waals surface area contributed by atoms with Gasteiger partial charge in [-0.3, -0.25) is 0 Å². The average molecular weight is 248 g/mol. The van der Waals surface area contributed by atoms with E-state index in [1.54, 1.807) is 0 Å². The summed E-state index contributed by atoms with van der Waals surface area (Å²) in [6.45, 7) is 1.66. The van der Waals surface area contributed by atoms with Crippen molar-refractivity contribution < 1.29 is 4.74 Å². The average Bonchev–Trinajstić information content (AvgIpc) is 2.41. The molecule has 1 aromatic heterocycles. The van der Waals surface area contributed by atoms with E-state index in [0.29, 0.717) is 23.7 Å². The van der Waals surface area contributed by atoms with Crippen LogP contribution in [0.4, 0.5) is 17.3 Å². The monoisotopic (exact) mass is 248 g/mol. The molecule has 2 fully saturated rings. The third kappa shape index (κ3) is 1.99. The summed E-state index contributed by atoms with van der Waals surface area (Å²) in [6, 6.07) is 4.25. The number of pyridine rings is 1. The van der Waals surface area contributed by atoms with Crippen molar-refractivity contribution in [1.82, 2.24) is 4.98 Å². The van der Waals surface area contributed by atoms with Gasteiger partial charge in [-0.2, -0.15) is 0 Å². The summed E-state index contributed by atoms with van der Waals surface area (Å²) >= 11 is 0. The van der Waals surface area contributed by atoms with Gasteiger partial charge in [0.1, 0.15) is 11.6 Å². The van der Waals surface area contributed by atoms with E-state index >= 15 is 0 Å². The molecule has 0 aromatic carbocycles. The standard InChI is InChI=1S/C13H20N4O/c14-9-5-6-12(16-13(9)15)17-7-8-18-11-4-2-1-3-10(11)17/h5-6,10-11H,1-4,7-8,14H2,(H2,15,16). The van der Waals surface area contributed by atoms with Gasteiger partial charge in [-0.1, -0.05) is 12.8 Å². The molecule has 1 saturated carbocycles. The molecule has 5 heteroatoms. The van der Waals surface area contributed by atoms with Gasteiger partial charge in [0.15, 0.2) is 0 Å². The lowest BCUT2D eigenvalue weighted by atomic mass is 9.90. The molecule has 18 heavy (non-hydrogen) atoms. The van der Waals surface area contributed by atoms with E-state index in [0.717, 1.165) is 25.4 Å². The molecule has 0 spiro atoms. The summed E-state index contributed by atoms with van der Waals surface area (Å²) in [5, 5.41) is 0. The van der Waals surface area contributed by atoms with Gasteiger partial charge >= 0.3 is 0 Å². The van der Waals surface area contributed by atoms with Gasteiger partial charge in [0.2, 0.25) is 0 Å². The van der Waals surface area contributed by atoms with Crippen molar-refractivity contribution in [3.8, 4) is 0 Å². The molecular formula is C13H20N4O. The fourth-order valence-corrected chi connectivity index (χ4v) is 3.02. The highest BCUT2D eigenvalue weighted by Crippen LogP contribution is 2.31. The summed E-state index contributed by atoms with van der Waals surface area (Å²) in [7, 11) is 0. The molecule has 0 bridgehead atoms. The first-order valence-electron chi connectivity index (χ1n) is 6.66. The number of aromatic nitrogens is 1. The van der Waals surface area contributed by atoms with Crippen molar-refractivity contribution in [3.05, 3.63) is 12.1 Å². The van der Waals surface area contributed by atoms with Crippen molar-refractivity contribution in [2.75, 3.05) is 29.5 Å². The number of anilines is 3. The van der Waals surface area contributed by atoms with Crippen LogP contribution in [0.3, 0.4) is 0 Å². The highest BCUT2D eigenvalue weighted by molar-refractivity contribution is 5.62. The number of hydrogen-bond acceptors (Lipinski definition) is 5. The fourth-order valence-electron chi connectivity index (χ4n) is 3.02. The smallest absolute Gasteiger partial charge is 0.149 e. The summed E-state index contributed by atoms with van der Waals surface area (Å²) in [5.41, 5.74) is 12.1. The number of nitrogens with two attached hydrogens (primary N) is 2. The van der Waals surface area contributed by atoms with Crippen LogP contribution in [0.5, 0.6) is 0 Å². The highest BCUT2D eigenvalue weighted by atomic mass is 16.5. The van der Waals surface area contributed by atoms with Crippen LogP contribution >= 0.6 is 0 Å². The van der Waals surface area contributed by atoms with Crippen LogP contribution in [0.1, 0.15) is 25.7 Å². The van der Waals surface area contributed by atoms with E-state index in [2.05, 4.69) is 9.88 Å². The Morgan fingerprint density at radius 2 is 2.06 bits per heavy atom. The van der Waals surface area contributed by atoms with Gasteiger partial charge in [0.25, 0.3) is 0 Å². The minimum absolute atomic E-state index is 0.355. The molecular weight excluding hydrogens is 228 g/mol. The Kier molecular flexibility index (Phi) is 2.99. The minimum Gasteiger partial charge on any atom is -0.396 e. The van der Waals surface area contributed by atoms with Gasteiger partial charge in [-0.15, -0.1) is 0 Å². The van der Waals surface area contributed by atoms with Crippen molar-refractivity contribution in [3.63, 3.8) is 0 Å². The van der Waals surface area contributed by atoms with Crippen molar-refractivity contribution in [2.24, 2.45) is 0 Å². The maximum absolute atomic E-state index is 5.86. The van der Waals surface area contributed by atoms with Crippen LogP contribution in [0.25, 0.3) is 0 Å². The molecule has 4 N–H and O–H groups in total. The van der Waals surface area contributed by atoms with Gasteiger partial charge in [-0.05, 0) is 25.0 Å². The van der Waals surface area contributed by atoms with Crippen LogP contribution in [-0.4, -0.2) is 30.3 Å². The SMILES string of the molecule is Nc1ccc(N2CCOC3CCCCC32)nc1N.